The zero-order valence-corrected chi connectivity index (χ0v) is 15.7. The quantitative estimate of drug-likeness (QED) is 0.806. The predicted octanol–water partition coefficient (Wildman–Crippen LogP) is 1.25. The molecule has 2 aliphatic rings. The Morgan fingerprint density at radius 3 is 2.56 bits per heavy atom. The second-order valence-electron chi connectivity index (χ2n) is 7.22. The van der Waals surface area contributed by atoms with Crippen LogP contribution < -0.4 is 0 Å². The number of amides is 1. The van der Waals surface area contributed by atoms with Crippen LogP contribution in [0.3, 0.4) is 0 Å². The van der Waals surface area contributed by atoms with Gasteiger partial charge in [0.05, 0.1) is 18.2 Å². The van der Waals surface area contributed by atoms with Gasteiger partial charge in [0.15, 0.2) is 0 Å². The molecule has 2 saturated heterocycles. The van der Waals surface area contributed by atoms with Gasteiger partial charge < -0.3 is 10.0 Å². The van der Waals surface area contributed by atoms with Crippen molar-refractivity contribution in [1.82, 2.24) is 9.21 Å². The number of carbonyl (C=O) groups excluding carboxylic acids is 1. The summed E-state index contributed by atoms with van der Waals surface area (Å²) < 4.78 is 40.9. The van der Waals surface area contributed by atoms with Crippen LogP contribution in [0.2, 0.25) is 0 Å². The van der Waals surface area contributed by atoms with E-state index in [4.69, 9.17) is 5.11 Å². The lowest BCUT2D eigenvalue weighted by Crippen LogP contribution is -2.47. The lowest BCUT2D eigenvalue weighted by molar-refractivity contribution is -0.150. The van der Waals surface area contributed by atoms with Crippen LogP contribution in [0.5, 0.6) is 0 Å². The van der Waals surface area contributed by atoms with Gasteiger partial charge in [0.2, 0.25) is 21.6 Å². The van der Waals surface area contributed by atoms with E-state index in [1.54, 1.807) is 24.3 Å². The Morgan fingerprint density at radius 1 is 1.22 bits per heavy atom. The highest BCUT2D eigenvalue weighted by molar-refractivity contribution is 7.88. The van der Waals surface area contributed by atoms with Crippen LogP contribution in [0, 0.1) is 5.92 Å². The fraction of sp³-hybridized carbons (Fsp3) is 0.556. The minimum Gasteiger partial charge on any atom is -0.479 e. The molecule has 1 amide bonds. The number of alkyl halides is 1. The molecular weight excluding hydrogens is 375 g/mol. The molecule has 9 heteroatoms. The first-order valence-electron chi connectivity index (χ1n) is 8.94. The van der Waals surface area contributed by atoms with Crippen molar-refractivity contribution >= 4 is 21.9 Å². The molecule has 3 rings (SSSR count). The molecule has 2 atom stereocenters. The lowest BCUT2D eigenvalue weighted by atomic mass is 9.98. The van der Waals surface area contributed by atoms with Gasteiger partial charge in [-0.15, -0.1) is 0 Å². The molecule has 1 N–H and O–H groups in total. The fourth-order valence-corrected chi connectivity index (χ4v) is 5.28. The Bertz CT molecular complexity index is 816. The molecule has 0 radical (unpaired) electrons. The first-order chi connectivity index (χ1) is 12.7. The first kappa shape index (κ1) is 19.8. The van der Waals surface area contributed by atoms with Crippen LogP contribution in [0.4, 0.5) is 4.39 Å². The number of rotatable bonds is 5. The van der Waals surface area contributed by atoms with Gasteiger partial charge in [-0.25, -0.2) is 21.9 Å². The third-order valence-corrected chi connectivity index (χ3v) is 7.05. The van der Waals surface area contributed by atoms with E-state index in [2.05, 4.69) is 0 Å². The second-order valence-corrected chi connectivity index (χ2v) is 9.19. The molecule has 7 nitrogen and oxygen atoms in total. The number of nitrogens with zero attached hydrogens (tertiary/aromatic N) is 2. The van der Waals surface area contributed by atoms with E-state index < -0.39 is 34.1 Å². The van der Waals surface area contributed by atoms with Gasteiger partial charge in [-0.1, -0.05) is 30.3 Å². The lowest BCUT2D eigenvalue weighted by Gasteiger charge is -2.33. The van der Waals surface area contributed by atoms with Crippen LogP contribution in [0.25, 0.3) is 0 Å². The zero-order chi connectivity index (χ0) is 19.7. The minimum atomic E-state index is -3.57. The Morgan fingerprint density at radius 2 is 1.93 bits per heavy atom. The summed E-state index contributed by atoms with van der Waals surface area (Å²) in [6.07, 6.45) is 0.813. The summed E-state index contributed by atoms with van der Waals surface area (Å²) in [7, 11) is -3.57. The van der Waals surface area contributed by atoms with Crippen molar-refractivity contribution in [2.75, 3.05) is 26.2 Å². The Kier molecular flexibility index (Phi) is 5.53. The standard InChI is InChI=1S/C18H23FN2O5S/c19-18(17(23)24)8-10-20(13-18)16(22)15-7-4-9-21(11-15)27(25,26)12-14-5-2-1-3-6-14/h1-3,5-6,15H,4,7-13H2,(H,23,24). The van der Waals surface area contributed by atoms with Crippen molar-refractivity contribution in [3.05, 3.63) is 35.9 Å². The molecule has 2 aliphatic heterocycles. The fourth-order valence-electron chi connectivity index (χ4n) is 3.67. The van der Waals surface area contributed by atoms with Gasteiger partial charge in [0.25, 0.3) is 0 Å². The molecule has 1 aromatic carbocycles. The summed E-state index contributed by atoms with van der Waals surface area (Å²) in [5.74, 6) is -2.63. The number of likely N-dealkylation sites (tertiary alicyclic amines) is 1. The number of carboxylic acids is 1. The van der Waals surface area contributed by atoms with Gasteiger partial charge >= 0.3 is 5.97 Å². The van der Waals surface area contributed by atoms with Gasteiger partial charge in [-0.2, -0.15) is 0 Å². The molecule has 2 heterocycles. The molecule has 0 aromatic heterocycles. The van der Waals surface area contributed by atoms with E-state index in [-0.39, 0.29) is 31.2 Å². The molecule has 2 unspecified atom stereocenters. The average Bonchev–Trinajstić information content (AvgIpc) is 3.05. The number of sulfonamides is 1. The van der Waals surface area contributed by atoms with Crippen molar-refractivity contribution in [1.29, 1.82) is 0 Å². The third-order valence-electron chi connectivity index (χ3n) is 5.23. The molecule has 0 spiro atoms. The summed E-state index contributed by atoms with van der Waals surface area (Å²) >= 11 is 0. The van der Waals surface area contributed by atoms with Crippen molar-refractivity contribution in [2.45, 2.75) is 30.7 Å². The number of piperidine rings is 1. The highest BCUT2D eigenvalue weighted by atomic mass is 32.2. The predicted molar refractivity (Wildman–Crippen MR) is 96.0 cm³/mol. The maximum atomic E-state index is 14.2. The number of carboxylic acid groups (broad SMARTS) is 1. The largest absolute Gasteiger partial charge is 0.479 e. The summed E-state index contributed by atoms with van der Waals surface area (Å²) in [6, 6.07) is 8.82. The van der Waals surface area contributed by atoms with E-state index >= 15 is 0 Å². The maximum absolute atomic E-state index is 14.2. The van der Waals surface area contributed by atoms with Gasteiger partial charge in [0.1, 0.15) is 0 Å². The topological polar surface area (TPSA) is 95.0 Å². The monoisotopic (exact) mass is 398 g/mol. The minimum absolute atomic E-state index is 0.0366. The Balaban J connectivity index is 1.65. The highest BCUT2D eigenvalue weighted by Crippen LogP contribution is 2.29. The number of halogens is 1. The van der Waals surface area contributed by atoms with Crippen LogP contribution in [0.15, 0.2) is 30.3 Å². The number of aliphatic carboxylic acids is 1. The van der Waals surface area contributed by atoms with Crippen molar-refractivity contribution < 1.29 is 27.5 Å². The summed E-state index contributed by atoms with van der Waals surface area (Å²) in [4.78, 5) is 24.9. The first-order valence-corrected chi connectivity index (χ1v) is 10.5. The molecule has 0 saturated carbocycles. The number of benzene rings is 1. The molecule has 0 aliphatic carbocycles. The highest BCUT2D eigenvalue weighted by Gasteiger charge is 2.48. The van der Waals surface area contributed by atoms with Crippen LogP contribution >= 0.6 is 0 Å². The van der Waals surface area contributed by atoms with E-state index in [1.165, 1.54) is 9.21 Å². The number of hydrogen-bond donors (Lipinski definition) is 1. The number of hydrogen-bond acceptors (Lipinski definition) is 4. The van der Waals surface area contributed by atoms with Crippen molar-refractivity contribution in [2.24, 2.45) is 5.92 Å². The molecular formula is C18H23FN2O5S. The SMILES string of the molecule is O=C(C1CCCN(S(=O)(=O)Cc2ccccc2)C1)N1CCC(F)(C(=O)O)C1. The van der Waals surface area contributed by atoms with Gasteiger partial charge in [-0.05, 0) is 18.4 Å². The van der Waals surface area contributed by atoms with E-state index in [0.717, 1.165) is 0 Å². The normalized spacial score (nSPS) is 26.9. The van der Waals surface area contributed by atoms with Crippen molar-refractivity contribution in [3.63, 3.8) is 0 Å². The average molecular weight is 398 g/mol. The van der Waals surface area contributed by atoms with Crippen LogP contribution in [-0.4, -0.2) is 66.5 Å². The summed E-state index contributed by atoms with van der Waals surface area (Å²) in [5.41, 5.74) is -1.74. The molecule has 0 bridgehead atoms. The number of carbonyl (C=O) groups is 2. The second kappa shape index (κ2) is 7.55. The molecule has 27 heavy (non-hydrogen) atoms. The van der Waals surface area contributed by atoms with Crippen LogP contribution in [0.1, 0.15) is 24.8 Å². The zero-order valence-electron chi connectivity index (χ0n) is 14.9. The van der Waals surface area contributed by atoms with Crippen LogP contribution in [-0.2, 0) is 25.4 Å². The van der Waals surface area contributed by atoms with Crippen molar-refractivity contribution in [3.8, 4) is 0 Å². The summed E-state index contributed by atoms with van der Waals surface area (Å²) in [5, 5.41) is 8.97. The van der Waals surface area contributed by atoms with Gasteiger partial charge in [0, 0.05) is 26.1 Å². The Labute approximate surface area is 157 Å². The molecule has 1 aromatic rings. The molecule has 2 fully saturated rings. The van der Waals surface area contributed by atoms with E-state index in [1.807, 2.05) is 6.07 Å². The molecule has 148 valence electrons. The van der Waals surface area contributed by atoms with Gasteiger partial charge in [-0.3, -0.25) is 4.79 Å². The third kappa shape index (κ3) is 4.30. The van der Waals surface area contributed by atoms with E-state index in [9.17, 15) is 22.4 Å². The maximum Gasteiger partial charge on any atom is 0.343 e. The summed E-state index contributed by atoms with van der Waals surface area (Å²) in [6.45, 7) is -0.0404. The smallest absolute Gasteiger partial charge is 0.343 e. The van der Waals surface area contributed by atoms with E-state index in [0.29, 0.717) is 24.9 Å². The Hall–Kier alpha value is -2.00.